The SMILES string of the molecule is CN(C)c1cccc(C(=O)N[C@@H]2CCOC[C@@]23CC(C(=O)Nc2cccc(F)c2)=NO3)c1. The molecule has 2 atom stereocenters. The molecule has 1 spiro atoms. The number of hydrogen-bond acceptors (Lipinski definition) is 6. The molecule has 2 aliphatic heterocycles. The van der Waals surface area contributed by atoms with Gasteiger partial charge in [-0.15, -0.1) is 0 Å². The van der Waals surface area contributed by atoms with E-state index in [1.165, 1.54) is 18.2 Å². The summed E-state index contributed by atoms with van der Waals surface area (Å²) in [5.74, 6) is -1.17. The number of amides is 2. The van der Waals surface area contributed by atoms with Gasteiger partial charge >= 0.3 is 0 Å². The topological polar surface area (TPSA) is 92.3 Å². The molecule has 4 rings (SSSR count). The Balaban J connectivity index is 1.45. The van der Waals surface area contributed by atoms with Gasteiger partial charge in [0.1, 0.15) is 11.5 Å². The van der Waals surface area contributed by atoms with Crippen molar-refractivity contribution < 1.29 is 23.6 Å². The summed E-state index contributed by atoms with van der Waals surface area (Å²) in [5.41, 5.74) is 0.955. The van der Waals surface area contributed by atoms with Crippen molar-refractivity contribution in [2.45, 2.75) is 24.5 Å². The third kappa shape index (κ3) is 4.57. The van der Waals surface area contributed by atoms with E-state index in [-0.39, 0.29) is 24.6 Å². The van der Waals surface area contributed by atoms with E-state index in [0.717, 1.165) is 5.69 Å². The number of anilines is 2. The zero-order valence-corrected chi connectivity index (χ0v) is 17.9. The molecule has 0 aliphatic carbocycles. The molecule has 2 N–H and O–H groups in total. The Hall–Kier alpha value is -3.46. The summed E-state index contributed by atoms with van der Waals surface area (Å²) in [7, 11) is 3.81. The first kappa shape index (κ1) is 21.8. The van der Waals surface area contributed by atoms with Crippen molar-refractivity contribution >= 4 is 28.9 Å². The lowest BCUT2D eigenvalue weighted by atomic mass is 9.85. The number of ether oxygens (including phenoxy) is 1. The van der Waals surface area contributed by atoms with Crippen LogP contribution in [0.2, 0.25) is 0 Å². The lowest BCUT2D eigenvalue weighted by Gasteiger charge is -2.38. The highest BCUT2D eigenvalue weighted by atomic mass is 19.1. The molecule has 8 nitrogen and oxygen atoms in total. The molecule has 9 heteroatoms. The van der Waals surface area contributed by atoms with Crippen LogP contribution in [0.4, 0.5) is 15.8 Å². The molecule has 2 aliphatic rings. The summed E-state index contributed by atoms with van der Waals surface area (Å²) in [6, 6.07) is 12.5. The van der Waals surface area contributed by atoms with E-state index in [2.05, 4.69) is 15.8 Å². The van der Waals surface area contributed by atoms with Gasteiger partial charge in [-0.1, -0.05) is 17.3 Å². The van der Waals surface area contributed by atoms with E-state index < -0.39 is 23.4 Å². The Morgan fingerprint density at radius 1 is 1.16 bits per heavy atom. The van der Waals surface area contributed by atoms with Crippen molar-refractivity contribution in [3.63, 3.8) is 0 Å². The van der Waals surface area contributed by atoms with Crippen LogP contribution in [0.5, 0.6) is 0 Å². The maximum Gasteiger partial charge on any atom is 0.273 e. The first-order valence-corrected chi connectivity index (χ1v) is 10.3. The van der Waals surface area contributed by atoms with Crippen molar-refractivity contribution in [1.82, 2.24) is 5.32 Å². The molecule has 0 radical (unpaired) electrons. The van der Waals surface area contributed by atoms with Crippen LogP contribution in [0.15, 0.2) is 53.7 Å². The molecule has 32 heavy (non-hydrogen) atoms. The normalized spacial score (nSPS) is 22.1. The van der Waals surface area contributed by atoms with Crippen molar-refractivity contribution in [3.05, 3.63) is 59.9 Å². The second kappa shape index (κ2) is 8.96. The lowest BCUT2D eigenvalue weighted by molar-refractivity contribution is -0.128. The molecule has 1 saturated heterocycles. The third-order valence-corrected chi connectivity index (χ3v) is 5.61. The predicted octanol–water partition coefficient (Wildman–Crippen LogP) is 2.56. The van der Waals surface area contributed by atoms with Crippen LogP contribution in [0, 0.1) is 5.82 Å². The smallest absolute Gasteiger partial charge is 0.273 e. The summed E-state index contributed by atoms with van der Waals surface area (Å²) in [6.07, 6.45) is 0.685. The molecule has 2 heterocycles. The summed E-state index contributed by atoms with van der Waals surface area (Å²) >= 11 is 0. The standard InChI is InChI=1S/C23H25FN4O4/c1-28(2)18-8-3-5-15(11-18)21(29)26-20-9-10-31-14-23(20)13-19(27-32-23)22(30)25-17-7-4-6-16(24)12-17/h3-8,11-12,20H,9-10,13-14H2,1-2H3,(H,25,30)(H,26,29)/t20-,23+/m1/s1. The minimum absolute atomic E-state index is 0.161. The zero-order valence-electron chi connectivity index (χ0n) is 17.9. The summed E-state index contributed by atoms with van der Waals surface area (Å²) < 4.78 is 19.0. The molecule has 168 valence electrons. The second-order valence-corrected chi connectivity index (χ2v) is 8.15. The fraction of sp³-hybridized carbons (Fsp3) is 0.348. The van der Waals surface area contributed by atoms with E-state index in [9.17, 15) is 14.0 Å². The molecule has 2 aromatic rings. The van der Waals surface area contributed by atoms with E-state index >= 15 is 0 Å². The fourth-order valence-corrected chi connectivity index (χ4v) is 3.83. The van der Waals surface area contributed by atoms with Crippen molar-refractivity contribution in [1.29, 1.82) is 0 Å². The van der Waals surface area contributed by atoms with Crippen molar-refractivity contribution in [2.24, 2.45) is 5.16 Å². The van der Waals surface area contributed by atoms with Gasteiger partial charge in [0.15, 0.2) is 5.60 Å². The number of carbonyl (C=O) groups excluding carboxylic acids is 2. The molecule has 0 saturated carbocycles. The molecule has 0 bridgehead atoms. The highest BCUT2D eigenvalue weighted by Gasteiger charge is 2.50. The van der Waals surface area contributed by atoms with Crippen LogP contribution >= 0.6 is 0 Å². The Bertz CT molecular complexity index is 1060. The van der Waals surface area contributed by atoms with Gasteiger partial charge in [-0.3, -0.25) is 9.59 Å². The predicted molar refractivity (Wildman–Crippen MR) is 118 cm³/mol. The van der Waals surface area contributed by atoms with Gasteiger partial charge in [0, 0.05) is 44.1 Å². The maximum absolute atomic E-state index is 13.4. The lowest BCUT2D eigenvalue weighted by Crippen LogP contribution is -2.58. The Morgan fingerprint density at radius 2 is 1.97 bits per heavy atom. The molecular weight excluding hydrogens is 415 g/mol. The van der Waals surface area contributed by atoms with Gasteiger partial charge < -0.3 is 25.1 Å². The number of carbonyl (C=O) groups is 2. The molecule has 0 unspecified atom stereocenters. The van der Waals surface area contributed by atoms with E-state index in [0.29, 0.717) is 24.3 Å². The van der Waals surface area contributed by atoms with E-state index in [1.807, 2.05) is 37.2 Å². The van der Waals surface area contributed by atoms with E-state index in [4.69, 9.17) is 9.57 Å². The highest BCUT2D eigenvalue weighted by Crippen LogP contribution is 2.33. The molecular formula is C23H25FN4O4. The van der Waals surface area contributed by atoms with Crippen LogP contribution < -0.4 is 15.5 Å². The number of nitrogens with one attached hydrogen (secondary N) is 2. The molecule has 0 aromatic heterocycles. The largest absolute Gasteiger partial charge is 0.384 e. The van der Waals surface area contributed by atoms with Crippen LogP contribution in [-0.2, 0) is 14.4 Å². The number of hydrogen-bond donors (Lipinski definition) is 2. The minimum atomic E-state index is -0.971. The van der Waals surface area contributed by atoms with Gasteiger partial charge in [0.05, 0.1) is 12.6 Å². The minimum Gasteiger partial charge on any atom is -0.384 e. The fourth-order valence-electron chi connectivity index (χ4n) is 3.83. The van der Waals surface area contributed by atoms with Crippen LogP contribution in [0.25, 0.3) is 0 Å². The van der Waals surface area contributed by atoms with Crippen molar-refractivity contribution in [3.8, 4) is 0 Å². The molecule has 2 amide bonds. The van der Waals surface area contributed by atoms with Gasteiger partial charge in [-0.2, -0.15) is 0 Å². The Morgan fingerprint density at radius 3 is 2.75 bits per heavy atom. The van der Waals surface area contributed by atoms with Crippen molar-refractivity contribution in [2.75, 3.05) is 37.5 Å². The van der Waals surface area contributed by atoms with Crippen LogP contribution in [-0.4, -0.2) is 56.5 Å². The first-order chi connectivity index (χ1) is 15.4. The van der Waals surface area contributed by atoms with Gasteiger partial charge in [-0.05, 0) is 42.8 Å². The van der Waals surface area contributed by atoms with Gasteiger partial charge in [-0.25, -0.2) is 4.39 Å². The summed E-state index contributed by atoms with van der Waals surface area (Å²) in [6.45, 7) is 0.647. The summed E-state index contributed by atoms with van der Waals surface area (Å²) in [5, 5.41) is 9.63. The monoisotopic (exact) mass is 440 g/mol. The van der Waals surface area contributed by atoms with Gasteiger partial charge in [0.2, 0.25) is 0 Å². The maximum atomic E-state index is 13.4. The first-order valence-electron chi connectivity index (χ1n) is 10.3. The van der Waals surface area contributed by atoms with E-state index in [1.54, 1.807) is 12.1 Å². The molecule has 2 aromatic carbocycles. The quantitative estimate of drug-likeness (QED) is 0.746. The van der Waals surface area contributed by atoms with Crippen LogP contribution in [0.3, 0.4) is 0 Å². The average molecular weight is 440 g/mol. The number of halogens is 1. The number of oxime groups is 1. The zero-order chi connectivity index (χ0) is 22.7. The third-order valence-electron chi connectivity index (χ3n) is 5.61. The molecule has 1 fully saturated rings. The number of nitrogens with zero attached hydrogens (tertiary/aromatic N) is 2. The number of benzene rings is 2. The summed E-state index contributed by atoms with van der Waals surface area (Å²) in [4.78, 5) is 33.2. The Labute approximate surface area is 185 Å². The average Bonchev–Trinajstić information content (AvgIpc) is 3.20. The highest BCUT2D eigenvalue weighted by molar-refractivity contribution is 6.43. The second-order valence-electron chi connectivity index (χ2n) is 8.15. The Kier molecular flexibility index (Phi) is 6.09. The van der Waals surface area contributed by atoms with Gasteiger partial charge in [0.25, 0.3) is 11.8 Å². The van der Waals surface area contributed by atoms with Crippen LogP contribution in [0.1, 0.15) is 23.2 Å². The number of rotatable bonds is 5.